The summed E-state index contributed by atoms with van der Waals surface area (Å²) in [4.78, 5) is 4.77. The molecule has 0 radical (unpaired) electrons. The molecule has 0 saturated carbocycles. The maximum absolute atomic E-state index is 5.45. The van der Waals surface area contributed by atoms with Crippen molar-refractivity contribution < 1.29 is 4.74 Å². The topological polar surface area (TPSA) is 33.6 Å². The molecule has 0 aromatic heterocycles. The fraction of sp³-hybridized carbons (Fsp3) is 0.917. The summed E-state index contributed by atoms with van der Waals surface area (Å²) in [6.45, 7) is 6.22. The fourth-order valence-corrected chi connectivity index (χ4v) is 3.60. The zero-order valence-corrected chi connectivity index (χ0v) is 11.1. The summed E-state index contributed by atoms with van der Waals surface area (Å²) in [7, 11) is 0. The lowest BCUT2D eigenvalue weighted by Crippen LogP contribution is -2.42. The Morgan fingerprint density at radius 1 is 1.50 bits per heavy atom. The summed E-state index contributed by atoms with van der Waals surface area (Å²) >= 11 is 1.88. The third-order valence-electron chi connectivity index (χ3n) is 3.65. The highest BCUT2D eigenvalue weighted by molar-refractivity contribution is 8.14. The number of aliphatic imine (C=N–C) groups is 1. The monoisotopic (exact) mass is 242 g/mol. The largest absolute Gasteiger partial charge is 0.379 e. The first kappa shape index (κ1) is 12.2. The van der Waals surface area contributed by atoms with Gasteiger partial charge >= 0.3 is 0 Å². The van der Waals surface area contributed by atoms with Crippen LogP contribution in [0.3, 0.4) is 0 Å². The average molecular weight is 242 g/mol. The van der Waals surface area contributed by atoms with Crippen LogP contribution in [-0.4, -0.2) is 35.7 Å². The number of nitrogens with one attached hydrogen (secondary N) is 1. The van der Waals surface area contributed by atoms with Gasteiger partial charge < -0.3 is 10.1 Å². The van der Waals surface area contributed by atoms with Crippen LogP contribution in [0.25, 0.3) is 0 Å². The van der Waals surface area contributed by atoms with E-state index in [4.69, 9.17) is 9.73 Å². The van der Waals surface area contributed by atoms with E-state index >= 15 is 0 Å². The number of nitrogens with zero attached hydrogens (tertiary/aromatic N) is 1. The predicted molar refractivity (Wildman–Crippen MR) is 70.2 cm³/mol. The smallest absolute Gasteiger partial charge is 0.157 e. The maximum atomic E-state index is 5.45. The fourth-order valence-electron chi connectivity index (χ4n) is 2.20. The van der Waals surface area contributed by atoms with Crippen molar-refractivity contribution in [2.45, 2.75) is 51.1 Å². The second-order valence-corrected chi connectivity index (χ2v) is 5.67. The molecule has 2 saturated heterocycles. The normalized spacial score (nSPS) is 31.6. The summed E-state index contributed by atoms with van der Waals surface area (Å²) in [5, 5.41) is 4.75. The molecule has 2 fully saturated rings. The molecule has 4 heteroatoms. The van der Waals surface area contributed by atoms with E-state index in [1.807, 2.05) is 11.8 Å². The van der Waals surface area contributed by atoms with E-state index in [2.05, 4.69) is 19.2 Å². The van der Waals surface area contributed by atoms with Crippen LogP contribution in [0.15, 0.2) is 4.99 Å². The molecule has 0 aromatic carbocycles. The van der Waals surface area contributed by atoms with E-state index in [9.17, 15) is 0 Å². The molecule has 0 bridgehead atoms. The van der Waals surface area contributed by atoms with Gasteiger partial charge in [-0.05, 0) is 25.7 Å². The Kier molecular flexibility index (Phi) is 4.14. The average Bonchev–Trinajstić information content (AvgIpc) is 2.75. The lowest BCUT2D eigenvalue weighted by Gasteiger charge is -2.26. The molecule has 1 atom stereocenters. The number of ether oxygens (including phenoxy) is 1. The molecule has 0 aromatic rings. The Bertz CT molecular complexity index is 258. The first-order chi connectivity index (χ1) is 7.78. The zero-order valence-electron chi connectivity index (χ0n) is 10.3. The Morgan fingerprint density at radius 3 is 2.88 bits per heavy atom. The van der Waals surface area contributed by atoms with Gasteiger partial charge in [0, 0.05) is 17.9 Å². The third-order valence-corrected chi connectivity index (χ3v) is 4.82. The molecule has 2 aliphatic heterocycles. The third kappa shape index (κ3) is 2.72. The van der Waals surface area contributed by atoms with Gasteiger partial charge in [-0.25, -0.2) is 0 Å². The minimum atomic E-state index is 0.291. The number of amidine groups is 1. The van der Waals surface area contributed by atoms with Crippen LogP contribution in [0.2, 0.25) is 0 Å². The van der Waals surface area contributed by atoms with Gasteiger partial charge in [0.15, 0.2) is 5.17 Å². The second-order valence-electron chi connectivity index (χ2n) is 4.71. The molecule has 2 aliphatic rings. The maximum Gasteiger partial charge on any atom is 0.157 e. The molecule has 92 valence electrons. The Hall–Kier alpha value is -0.220. The first-order valence-electron chi connectivity index (χ1n) is 6.34. The Morgan fingerprint density at radius 2 is 2.31 bits per heavy atom. The van der Waals surface area contributed by atoms with Crippen molar-refractivity contribution in [1.29, 1.82) is 0 Å². The number of hydrogen-bond donors (Lipinski definition) is 1. The highest BCUT2D eigenvalue weighted by Crippen LogP contribution is 2.29. The van der Waals surface area contributed by atoms with Gasteiger partial charge in [-0.2, -0.15) is 0 Å². The van der Waals surface area contributed by atoms with E-state index in [-0.39, 0.29) is 0 Å². The van der Waals surface area contributed by atoms with Gasteiger partial charge in [0.2, 0.25) is 0 Å². The highest BCUT2D eigenvalue weighted by Gasteiger charge is 2.34. The van der Waals surface area contributed by atoms with Crippen LogP contribution >= 0.6 is 11.8 Å². The molecule has 0 aliphatic carbocycles. The van der Waals surface area contributed by atoms with Gasteiger partial charge in [-0.1, -0.05) is 25.6 Å². The van der Waals surface area contributed by atoms with Gasteiger partial charge in [0.05, 0.1) is 12.6 Å². The quantitative estimate of drug-likeness (QED) is 0.825. The predicted octanol–water partition coefficient (Wildman–Crippen LogP) is 2.42. The molecule has 1 unspecified atom stereocenters. The van der Waals surface area contributed by atoms with Crippen LogP contribution in [0.1, 0.15) is 39.5 Å². The molecule has 1 N–H and O–H groups in total. The number of hydrogen-bond acceptors (Lipinski definition) is 3. The van der Waals surface area contributed by atoms with Crippen molar-refractivity contribution in [3.63, 3.8) is 0 Å². The number of thioether (sulfide) groups is 1. The summed E-state index contributed by atoms with van der Waals surface area (Å²) in [5.41, 5.74) is 0.291. The highest BCUT2D eigenvalue weighted by atomic mass is 32.2. The van der Waals surface area contributed by atoms with Gasteiger partial charge in [-0.3, -0.25) is 4.99 Å². The Balaban J connectivity index is 1.93. The lowest BCUT2D eigenvalue weighted by molar-refractivity contribution is 0.0828. The van der Waals surface area contributed by atoms with Crippen molar-refractivity contribution in [2.75, 3.05) is 19.0 Å². The van der Waals surface area contributed by atoms with Crippen molar-refractivity contribution in [3.8, 4) is 0 Å². The van der Waals surface area contributed by atoms with E-state index in [1.54, 1.807) is 0 Å². The summed E-state index contributed by atoms with van der Waals surface area (Å²) in [6.07, 6.45) is 4.68. The van der Waals surface area contributed by atoms with Crippen LogP contribution < -0.4 is 5.32 Å². The molecule has 2 rings (SSSR count). The van der Waals surface area contributed by atoms with Crippen molar-refractivity contribution in [2.24, 2.45) is 4.99 Å². The van der Waals surface area contributed by atoms with Gasteiger partial charge in [0.25, 0.3) is 0 Å². The molecular weight excluding hydrogens is 220 g/mol. The minimum Gasteiger partial charge on any atom is -0.379 e. The molecule has 16 heavy (non-hydrogen) atoms. The standard InChI is InChI=1S/C12H22N2OS/c1-3-12(4-2)9-16-11(14-12)13-10-6-5-7-15-8-10/h10H,3-9H2,1-2H3,(H,13,14). The van der Waals surface area contributed by atoms with E-state index < -0.39 is 0 Å². The first-order valence-corrected chi connectivity index (χ1v) is 7.33. The summed E-state index contributed by atoms with van der Waals surface area (Å²) in [5.74, 6) is 1.16. The van der Waals surface area contributed by atoms with Crippen LogP contribution in [-0.2, 0) is 4.74 Å². The summed E-state index contributed by atoms with van der Waals surface area (Å²) in [6, 6.07) is 0.383. The zero-order chi connectivity index (χ0) is 11.4. The lowest BCUT2D eigenvalue weighted by atomic mass is 9.96. The molecule has 0 spiro atoms. The summed E-state index contributed by atoms with van der Waals surface area (Å²) < 4.78 is 5.45. The van der Waals surface area contributed by atoms with Crippen molar-refractivity contribution >= 4 is 16.9 Å². The van der Waals surface area contributed by atoms with Gasteiger partial charge in [-0.15, -0.1) is 0 Å². The van der Waals surface area contributed by atoms with Crippen molar-refractivity contribution in [3.05, 3.63) is 0 Å². The Labute approximate surface area is 102 Å². The van der Waals surface area contributed by atoms with Gasteiger partial charge in [0.1, 0.15) is 0 Å². The van der Waals surface area contributed by atoms with E-state index in [0.717, 1.165) is 30.6 Å². The molecule has 0 amide bonds. The SMILES string of the molecule is CCC1(CC)CSC(=NC2CCCOC2)N1. The molecule has 3 nitrogen and oxygen atoms in total. The molecule has 2 heterocycles. The van der Waals surface area contributed by atoms with E-state index in [0.29, 0.717) is 11.6 Å². The minimum absolute atomic E-state index is 0.291. The van der Waals surface area contributed by atoms with E-state index in [1.165, 1.54) is 19.3 Å². The van der Waals surface area contributed by atoms with Crippen LogP contribution in [0, 0.1) is 0 Å². The van der Waals surface area contributed by atoms with Crippen LogP contribution in [0.4, 0.5) is 0 Å². The number of rotatable bonds is 3. The molecular formula is C12H22N2OS. The second kappa shape index (κ2) is 5.41. The van der Waals surface area contributed by atoms with Crippen LogP contribution in [0.5, 0.6) is 0 Å². The van der Waals surface area contributed by atoms with Crippen molar-refractivity contribution in [1.82, 2.24) is 5.32 Å².